The topological polar surface area (TPSA) is 29.9 Å². The molecule has 2 rings (SSSR count). The van der Waals surface area contributed by atoms with Gasteiger partial charge in [0.1, 0.15) is 0 Å². The molecule has 20 heavy (non-hydrogen) atoms. The van der Waals surface area contributed by atoms with Crippen LogP contribution >= 0.6 is 0 Å². The zero-order valence-corrected chi connectivity index (χ0v) is 12.0. The largest absolute Gasteiger partial charge is 0.391 e. The third-order valence-corrected chi connectivity index (χ3v) is 3.99. The zero-order chi connectivity index (χ0) is 14.8. The highest BCUT2D eigenvalue weighted by molar-refractivity contribution is 5.12. The zero-order valence-electron chi connectivity index (χ0n) is 12.0. The average molecular weight is 289 g/mol. The van der Waals surface area contributed by atoms with Crippen molar-refractivity contribution in [2.45, 2.75) is 58.3 Å². The molecule has 1 aromatic rings. The number of rotatable bonds is 4. The lowest BCUT2D eigenvalue weighted by atomic mass is 9.89. The van der Waals surface area contributed by atoms with E-state index in [0.29, 0.717) is 13.0 Å². The molecule has 1 aliphatic rings. The normalized spacial score (nSPS) is 24.1. The van der Waals surface area contributed by atoms with Gasteiger partial charge < -0.3 is 5.32 Å². The Hall–Kier alpha value is -1.04. The van der Waals surface area contributed by atoms with Gasteiger partial charge >= 0.3 is 6.18 Å². The fourth-order valence-corrected chi connectivity index (χ4v) is 2.84. The molecule has 0 bridgehead atoms. The van der Waals surface area contributed by atoms with Gasteiger partial charge in [-0.2, -0.15) is 18.3 Å². The van der Waals surface area contributed by atoms with E-state index in [-0.39, 0.29) is 18.9 Å². The molecule has 6 heteroatoms. The van der Waals surface area contributed by atoms with E-state index in [1.165, 1.54) is 0 Å². The Balaban J connectivity index is 2.04. The number of nitrogens with one attached hydrogen (secondary N) is 1. The predicted molar refractivity (Wildman–Crippen MR) is 71.6 cm³/mol. The van der Waals surface area contributed by atoms with Gasteiger partial charge in [0.15, 0.2) is 0 Å². The van der Waals surface area contributed by atoms with Gasteiger partial charge in [-0.1, -0.05) is 6.92 Å². The SMILES string of the molecule is CCc1cc(CC2CC(C(F)(F)F)CCN2)n(CC)n1. The molecular formula is C14H22F3N3. The van der Waals surface area contributed by atoms with Crippen LogP contribution in [0.5, 0.6) is 0 Å². The first kappa shape index (κ1) is 15.4. The molecule has 0 saturated carbocycles. The molecule has 0 aliphatic carbocycles. The van der Waals surface area contributed by atoms with Gasteiger partial charge in [-0.05, 0) is 38.8 Å². The first-order chi connectivity index (χ1) is 9.44. The van der Waals surface area contributed by atoms with Crippen molar-refractivity contribution in [3.8, 4) is 0 Å². The number of aromatic nitrogens is 2. The third-order valence-electron chi connectivity index (χ3n) is 3.99. The van der Waals surface area contributed by atoms with Crippen LogP contribution in [-0.2, 0) is 19.4 Å². The van der Waals surface area contributed by atoms with Crippen molar-refractivity contribution in [3.63, 3.8) is 0 Å². The monoisotopic (exact) mass is 289 g/mol. The maximum Gasteiger partial charge on any atom is 0.391 e. The Kier molecular flexibility index (Phi) is 4.73. The van der Waals surface area contributed by atoms with Gasteiger partial charge in [0.25, 0.3) is 0 Å². The second kappa shape index (κ2) is 6.16. The number of nitrogens with zero attached hydrogens (tertiary/aromatic N) is 2. The van der Waals surface area contributed by atoms with Gasteiger partial charge in [0.05, 0.1) is 11.6 Å². The van der Waals surface area contributed by atoms with Crippen molar-refractivity contribution in [3.05, 3.63) is 17.5 Å². The van der Waals surface area contributed by atoms with Crippen molar-refractivity contribution in [2.24, 2.45) is 5.92 Å². The molecule has 0 amide bonds. The van der Waals surface area contributed by atoms with Crippen LogP contribution < -0.4 is 5.32 Å². The molecule has 0 spiro atoms. The minimum Gasteiger partial charge on any atom is -0.314 e. The molecule has 114 valence electrons. The van der Waals surface area contributed by atoms with E-state index in [0.717, 1.165) is 24.4 Å². The van der Waals surface area contributed by atoms with Gasteiger partial charge in [-0.25, -0.2) is 0 Å². The smallest absolute Gasteiger partial charge is 0.314 e. The van der Waals surface area contributed by atoms with Crippen molar-refractivity contribution in [1.82, 2.24) is 15.1 Å². The van der Waals surface area contributed by atoms with Crippen LogP contribution in [0.4, 0.5) is 13.2 Å². The maximum atomic E-state index is 12.8. The lowest BCUT2D eigenvalue weighted by Gasteiger charge is -2.31. The lowest BCUT2D eigenvalue weighted by Crippen LogP contribution is -2.44. The minimum absolute atomic E-state index is 0.109. The standard InChI is InChI=1S/C14H22F3N3/c1-3-11-8-13(20(4-2)19-11)9-12-7-10(5-6-18-12)14(15,16)17/h8,10,12,18H,3-7,9H2,1-2H3. The van der Waals surface area contributed by atoms with E-state index in [1.54, 1.807) is 0 Å². The van der Waals surface area contributed by atoms with Crippen LogP contribution in [-0.4, -0.2) is 28.5 Å². The van der Waals surface area contributed by atoms with Gasteiger partial charge in [-0.3, -0.25) is 4.68 Å². The van der Waals surface area contributed by atoms with Gasteiger partial charge in [-0.15, -0.1) is 0 Å². The maximum absolute atomic E-state index is 12.8. The van der Waals surface area contributed by atoms with Crippen LogP contribution in [0, 0.1) is 5.92 Å². The van der Waals surface area contributed by atoms with Gasteiger partial charge in [0, 0.05) is 24.7 Å². The van der Waals surface area contributed by atoms with E-state index in [1.807, 2.05) is 24.6 Å². The fraction of sp³-hybridized carbons (Fsp3) is 0.786. The first-order valence-corrected chi connectivity index (χ1v) is 7.29. The molecule has 1 aliphatic heterocycles. The summed E-state index contributed by atoms with van der Waals surface area (Å²) in [5, 5.41) is 7.65. The number of halogens is 3. The highest BCUT2D eigenvalue weighted by atomic mass is 19.4. The van der Waals surface area contributed by atoms with E-state index < -0.39 is 12.1 Å². The molecule has 1 aromatic heterocycles. The molecule has 1 saturated heterocycles. The Morgan fingerprint density at radius 2 is 2.15 bits per heavy atom. The summed E-state index contributed by atoms with van der Waals surface area (Å²) in [6.07, 6.45) is -2.25. The third kappa shape index (κ3) is 3.53. The van der Waals surface area contributed by atoms with Crippen LogP contribution in [0.25, 0.3) is 0 Å². The summed E-state index contributed by atoms with van der Waals surface area (Å²) < 4.78 is 40.3. The van der Waals surface area contributed by atoms with E-state index in [9.17, 15) is 13.2 Å². The van der Waals surface area contributed by atoms with Gasteiger partial charge in [0.2, 0.25) is 0 Å². The summed E-state index contributed by atoms with van der Waals surface area (Å²) in [4.78, 5) is 0. The Morgan fingerprint density at radius 3 is 2.75 bits per heavy atom. The Morgan fingerprint density at radius 1 is 1.40 bits per heavy atom. The summed E-state index contributed by atoms with van der Waals surface area (Å²) in [5.41, 5.74) is 2.04. The summed E-state index contributed by atoms with van der Waals surface area (Å²) in [5.74, 6) is -1.17. The van der Waals surface area contributed by atoms with Crippen molar-refractivity contribution in [1.29, 1.82) is 0 Å². The molecule has 1 N–H and O–H groups in total. The molecule has 0 radical (unpaired) electrons. The average Bonchev–Trinajstić information content (AvgIpc) is 2.80. The minimum atomic E-state index is -4.07. The number of alkyl halides is 3. The Bertz CT molecular complexity index is 439. The molecule has 1 fully saturated rings. The second-order valence-electron chi connectivity index (χ2n) is 5.41. The fourth-order valence-electron chi connectivity index (χ4n) is 2.84. The Labute approximate surface area is 117 Å². The number of hydrogen-bond acceptors (Lipinski definition) is 2. The molecule has 2 unspecified atom stereocenters. The van der Waals surface area contributed by atoms with Crippen molar-refractivity contribution < 1.29 is 13.2 Å². The first-order valence-electron chi connectivity index (χ1n) is 7.29. The molecule has 2 atom stereocenters. The molecule has 0 aromatic carbocycles. The van der Waals surface area contributed by atoms with E-state index >= 15 is 0 Å². The summed E-state index contributed by atoms with van der Waals surface area (Å²) >= 11 is 0. The molecule has 3 nitrogen and oxygen atoms in total. The summed E-state index contributed by atoms with van der Waals surface area (Å²) in [6.45, 7) is 5.23. The van der Waals surface area contributed by atoms with E-state index in [4.69, 9.17) is 0 Å². The van der Waals surface area contributed by atoms with E-state index in [2.05, 4.69) is 10.4 Å². The number of aryl methyl sites for hydroxylation is 2. The predicted octanol–water partition coefficient (Wildman–Crippen LogP) is 2.94. The number of piperidine rings is 1. The van der Waals surface area contributed by atoms with Crippen LogP contribution in [0.1, 0.15) is 38.1 Å². The van der Waals surface area contributed by atoms with Crippen LogP contribution in [0.3, 0.4) is 0 Å². The van der Waals surface area contributed by atoms with Crippen LogP contribution in [0.15, 0.2) is 6.07 Å². The summed E-state index contributed by atoms with van der Waals surface area (Å²) in [7, 11) is 0. The lowest BCUT2D eigenvalue weighted by molar-refractivity contribution is -0.183. The quantitative estimate of drug-likeness (QED) is 0.923. The van der Waals surface area contributed by atoms with Crippen molar-refractivity contribution >= 4 is 0 Å². The van der Waals surface area contributed by atoms with Crippen LogP contribution in [0.2, 0.25) is 0 Å². The molecular weight excluding hydrogens is 267 g/mol. The molecule has 2 heterocycles. The number of hydrogen-bond donors (Lipinski definition) is 1. The summed E-state index contributed by atoms with van der Waals surface area (Å²) in [6, 6.07) is 1.91. The second-order valence-corrected chi connectivity index (χ2v) is 5.41. The highest BCUT2D eigenvalue weighted by Gasteiger charge is 2.42. The van der Waals surface area contributed by atoms with Crippen molar-refractivity contribution in [2.75, 3.05) is 6.54 Å². The highest BCUT2D eigenvalue weighted by Crippen LogP contribution is 2.34.